The Labute approximate surface area is 131 Å². The third kappa shape index (κ3) is 2.34. The van der Waals surface area contributed by atoms with E-state index in [1.807, 2.05) is 54.6 Å². The zero-order valence-electron chi connectivity index (χ0n) is 12.1. The molecule has 23 heavy (non-hydrogen) atoms. The zero-order valence-corrected chi connectivity index (χ0v) is 12.1. The standard InChI is InChI=1S/C19H12O4/c20-16-9-10-17(22-16)23-19(21)18-14-7-3-1-5-12(14)11-13-6-2-4-8-15(13)18/h1-11,17H. The minimum absolute atomic E-state index is 0.482. The Balaban J connectivity index is 1.87. The van der Waals surface area contributed by atoms with Crippen LogP contribution in [0.2, 0.25) is 0 Å². The second-order valence-electron chi connectivity index (χ2n) is 5.26. The van der Waals surface area contributed by atoms with Gasteiger partial charge in [0, 0.05) is 12.2 Å². The molecule has 1 aliphatic rings. The number of carbonyl (C=O) groups is 2. The summed E-state index contributed by atoms with van der Waals surface area (Å²) in [4.78, 5) is 23.8. The molecule has 4 nitrogen and oxygen atoms in total. The van der Waals surface area contributed by atoms with Gasteiger partial charge >= 0.3 is 11.9 Å². The lowest BCUT2D eigenvalue weighted by Crippen LogP contribution is -2.18. The predicted molar refractivity (Wildman–Crippen MR) is 85.9 cm³/mol. The number of ether oxygens (including phenoxy) is 2. The molecule has 3 aromatic carbocycles. The van der Waals surface area contributed by atoms with E-state index in [2.05, 4.69) is 0 Å². The van der Waals surface area contributed by atoms with E-state index in [1.54, 1.807) is 0 Å². The van der Waals surface area contributed by atoms with Crippen LogP contribution in [-0.2, 0) is 14.3 Å². The van der Waals surface area contributed by atoms with Crippen LogP contribution in [0, 0.1) is 0 Å². The number of rotatable bonds is 2. The molecule has 3 aromatic rings. The normalized spacial score (nSPS) is 16.7. The Kier molecular flexibility index (Phi) is 3.08. The number of hydrogen-bond acceptors (Lipinski definition) is 4. The first-order valence-electron chi connectivity index (χ1n) is 7.23. The second-order valence-corrected chi connectivity index (χ2v) is 5.26. The van der Waals surface area contributed by atoms with Gasteiger partial charge in [-0.05, 0) is 27.6 Å². The highest BCUT2D eigenvalue weighted by atomic mass is 16.7. The van der Waals surface area contributed by atoms with Crippen LogP contribution in [-0.4, -0.2) is 18.2 Å². The molecule has 0 radical (unpaired) electrons. The molecule has 4 heteroatoms. The van der Waals surface area contributed by atoms with Gasteiger partial charge in [-0.3, -0.25) is 0 Å². The topological polar surface area (TPSA) is 52.6 Å². The fourth-order valence-electron chi connectivity index (χ4n) is 2.81. The molecule has 0 aromatic heterocycles. The lowest BCUT2D eigenvalue weighted by atomic mass is 9.97. The molecule has 0 spiro atoms. The van der Waals surface area contributed by atoms with Crippen LogP contribution >= 0.6 is 0 Å². The molecule has 0 saturated carbocycles. The third-order valence-electron chi connectivity index (χ3n) is 3.82. The quantitative estimate of drug-likeness (QED) is 0.536. The molecule has 1 aliphatic heterocycles. The van der Waals surface area contributed by atoms with Gasteiger partial charge in [0.1, 0.15) is 0 Å². The lowest BCUT2D eigenvalue weighted by Gasteiger charge is -2.14. The molecule has 0 N–H and O–H groups in total. The van der Waals surface area contributed by atoms with Crippen molar-refractivity contribution in [3.05, 3.63) is 72.3 Å². The van der Waals surface area contributed by atoms with Crippen molar-refractivity contribution < 1.29 is 19.1 Å². The van der Waals surface area contributed by atoms with Gasteiger partial charge in [-0.15, -0.1) is 0 Å². The highest BCUT2D eigenvalue weighted by Gasteiger charge is 2.24. The summed E-state index contributed by atoms with van der Waals surface area (Å²) >= 11 is 0. The van der Waals surface area contributed by atoms with E-state index in [4.69, 9.17) is 9.47 Å². The Hall–Kier alpha value is -3.14. The van der Waals surface area contributed by atoms with Crippen molar-refractivity contribution in [1.82, 2.24) is 0 Å². The highest BCUT2D eigenvalue weighted by Crippen LogP contribution is 2.29. The van der Waals surface area contributed by atoms with Crippen molar-refractivity contribution in [3.8, 4) is 0 Å². The first-order chi connectivity index (χ1) is 11.2. The Bertz CT molecular complexity index is 917. The maximum atomic E-state index is 12.7. The van der Waals surface area contributed by atoms with Gasteiger partial charge in [0.25, 0.3) is 6.29 Å². The Morgan fingerprint density at radius 1 is 0.957 bits per heavy atom. The van der Waals surface area contributed by atoms with Crippen LogP contribution in [0.3, 0.4) is 0 Å². The van der Waals surface area contributed by atoms with Gasteiger partial charge in [0.2, 0.25) is 0 Å². The molecule has 1 heterocycles. The van der Waals surface area contributed by atoms with E-state index < -0.39 is 18.2 Å². The molecule has 1 atom stereocenters. The molecule has 112 valence electrons. The molecule has 0 fully saturated rings. The van der Waals surface area contributed by atoms with E-state index in [1.165, 1.54) is 12.2 Å². The van der Waals surface area contributed by atoms with Crippen molar-refractivity contribution >= 4 is 33.5 Å². The van der Waals surface area contributed by atoms with E-state index >= 15 is 0 Å². The first kappa shape index (κ1) is 13.5. The second kappa shape index (κ2) is 5.25. The van der Waals surface area contributed by atoms with Crippen LogP contribution < -0.4 is 0 Å². The Morgan fingerprint density at radius 3 is 2.13 bits per heavy atom. The molecule has 1 unspecified atom stereocenters. The number of cyclic esters (lactones) is 1. The number of esters is 2. The van der Waals surface area contributed by atoms with Crippen LogP contribution in [0.15, 0.2) is 66.7 Å². The van der Waals surface area contributed by atoms with Gasteiger partial charge in [-0.1, -0.05) is 48.5 Å². The molecular weight excluding hydrogens is 292 g/mol. The lowest BCUT2D eigenvalue weighted by molar-refractivity contribution is -0.151. The van der Waals surface area contributed by atoms with Gasteiger partial charge in [0.15, 0.2) is 0 Å². The maximum absolute atomic E-state index is 12.7. The molecule has 4 rings (SSSR count). The minimum atomic E-state index is -0.965. The molecule has 0 saturated heterocycles. The van der Waals surface area contributed by atoms with Crippen LogP contribution in [0.25, 0.3) is 21.5 Å². The average molecular weight is 304 g/mol. The summed E-state index contributed by atoms with van der Waals surface area (Å²) in [5, 5.41) is 3.53. The number of fused-ring (bicyclic) bond motifs is 2. The predicted octanol–water partition coefficient (Wildman–Crippen LogP) is 3.59. The van der Waals surface area contributed by atoms with Crippen LogP contribution in [0.1, 0.15) is 10.4 Å². The van der Waals surface area contributed by atoms with Crippen molar-refractivity contribution in [2.24, 2.45) is 0 Å². The maximum Gasteiger partial charge on any atom is 0.342 e. The zero-order chi connectivity index (χ0) is 15.8. The minimum Gasteiger partial charge on any atom is -0.418 e. The average Bonchev–Trinajstić information content (AvgIpc) is 2.97. The molecule has 0 aliphatic carbocycles. The fraction of sp³-hybridized carbons (Fsp3) is 0.0526. The van der Waals surface area contributed by atoms with Gasteiger partial charge in [0.05, 0.1) is 5.56 Å². The van der Waals surface area contributed by atoms with Crippen molar-refractivity contribution in [2.45, 2.75) is 6.29 Å². The van der Waals surface area contributed by atoms with Gasteiger partial charge in [-0.25, -0.2) is 9.59 Å². The van der Waals surface area contributed by atoms with E-state index in [0.717, 1.165) is 21.5 Å². The van der Waals surface area contributed by atoms with Crippen LogP contribution in [0.4, 0.5) is 0 Å². The molecule has 0 bridgehead atoms. The summed E-state index contributed by atoms with van der Waals surface area (Å²) in [7, 11) is 0. The summed E-state index contributed by atoms with van der Waals surface area (Å²) in [6.07, 6.45) is 1.71. The summed E-state index contributed by atoms with van der Waals surface area (Å²) in [6, 6.07) is 17.3. The summed E-state index contributed by atoms with van der Waals surface area (Å²) in [5.41, 5.74) is 0.482. The van der Waals surface area contributed by atoms with E-state index in [9.17, 15) is 9.59 Å². The third-order valence-corrected chi connectivity index (χ3v) is 3.82. The summed E-state index contributed by atoms with van der Waals surface area (Å²) < 4.78 is 10.2. The van der Waals surface area contributed by atoms with Crippen molar-refractivity contribution in [3.63, 3.8) is 0 Å². The largest absolute Gasteiger partial charge is 0.418 e. The number of carbonyl (C=O) groups excluding carboxylic acids is 2. The van der Waals surface area contributed by atoms with Crippen molar-refractivity contribution in [1.29, 1.82) is 0 Å². The van der Waals surface area contributed by atoms with E-state index in [0.29, 0.717) is 5.56 Å². The molecular formula is C19H12O4. The highest BCUT2D eigenvalue weighted by molar-refractivity contribution is 6.16. The van der Waals surface area contributed by atoms with Gasteiger partial charge in [-0.2, -0.15) is 0 Å². The van der Waals surface area contributed by atoms with Crippen LogP contribution in [0.5, 0.6) is 0 Å². The monoisotopic (exact) mass is 304 g/mol. The van der Waals surface area contributed by atoms with Crippen molar-refractivity contribution in [2.75, 3.05) is 0 Å². The Morgan fingerprint density at radius 2 is 1.57 bits per heavy atom. The summed E-state index contributed by atoms with van der Waals surface area (Å²) in [5.74, 6) is -1.02. The summed E-state index contributed by atoms with van der Waals surface area (Å²) in [6.45, 7) is 0. The molecule has 0 amide bonds. The fourth-order valence-corrected chi connectivity index (χ4v) is 2.81. The smallest absolute Gasteiger partial charge is 0.342 e. The van der Waals surface area contributed by atoms with Gasteiger partial charge < -0.3 is 9.47 Å². The number of benzene rings is 3. The SMILES string of the molecule is O=C1C=CC(OC(=O)c2c3ccccc3cc3ccccc23)O1. The van der Waals surface area contributed by atoms with E-state index in [-0.39, 0.29) is 0 Å². The first-order valence-corrected chi connectivity index (χ1v) is 7.23. The number of hydrogen-bond donors (Lipinski definition) is 0.